The van der Waals surface area contributed by atoms with E-state index < -0.39 is 31.1 Å². The van der Waals surface area contributed by atoms with Crippen LogP contribution in [0.3, 0.4) is 0 Å². The first-order valence-electron chi connectivity index (χ1n) is 5.87. The molecule has 2 aromatic heterocycles. The minimum atomic E-state index is -1.21. The van der Waals surface area contributed by atoms with Crippen molar-refractivity contribution < 1.29 is 25.5 Å². The van der Waals surface area contributed by atoms with Crippen LogP contribution in [0.1, 0.15) is 6.23 Å². The number of hydrogen-bond acceptors (Lipinski definition) is 8. The molecule has 3 unspecified atom stereocenters. The molecule has 0 spiro atoms. The molecule has 1 aliphatic heterocycles. The van der Waals surface area contributed by atoms with Gasteiger partial charge in [0.1, 0.15) is 29.5 Å². The van der Waals surface area contributed by atoms with Gasteiger partial charge in [0.15, 0.2) is 16.8 Å². The van der Waals surface area contributed by atoms with E-state index >= 15 is 0 Å². The summed E-state index contributed by atoms with van der Waals surface area (Å²) in [6, 6.07) is 0. The maximum Gasteiger partial charge on any atom is 0.200 e. The van der Waals surface area contributed by atoms with Crippen LogP contribution in [0.15, 0.2) is 6.33 Å². The van der Waals surface area contributed by atoms with E-state index in [0.29, 0.717) is 11.2 Å². The average Bonchev–Trinajstić information content (AvgIpc) is 2.93. The van der Waals surface area contributed by atoms with Gasteiger partial charge in [0, 0.05) is 0 Å². The zero-order valence-corrected chi connectivity index (χ0v) is 11.5. The van der Waals surface area contributed by atoms with Crippen molar-refractivity contribution >= 4 is 29.3 Å². The maximum atomic E-state index is 10.0. The molecule has 1 fully saturated rings. The second kappa shape index (κ2) is 5.63. The Hall–Kier alpha value is -1.63. The largest absolute Gasteiger partial charge is 0.412 e. The molecule has 3 heterocycles. The molecule has 1 saturated heterocycles. The highest BCUT2D eigenvalue weighted by Gasteiger charge is 2.43. The highest BCUT2D eigenvalue weighted by Crippen LogP contribution is 2.31. The first-order valence-corrected chi connectivity index (χ1v) is 6.28. The fraction of sp³-hybridized carbons (Fsp3) is 0.500. The van der Waals surface area contributed by atoms with Crippen LogP contribution < -0.4 is 5.73 Å². The molecule has 0 saturated carbocycles. The van der Waals surface area contributed by atoms with Gasteiger partial charge in [-0.1, -0.05) is 12.2 Å². The highest BCUT2D eigenvalue weighted by atomic mass is 32.1. The van der Waals surface area contributed by atoms with Crippen molar-refractivity contribution in [3.8, 4) is 0 Å². The normalized spacial score (nSPS) is 28.7. The van der Waals surface area contributed by atoms with Crippen molar-refractivity contribution in [1.82, 2.24) is 19.5 Å². The van der Waals surface area contributed by atoms with Crippen molar-refractivity contribution in [3.05, 3.63) is 11.0 Å². The molecular weight excluding hydrogens is 302 g/mol. The van der Waals surface area contributed by atoms with Gasteiger partial charge in [0.2, 0.25) is 0 Å². The summed E-state index contributed by atoms with van der Waals surface area (Å²) in [5.74, 6) is 0.107. The molecule has 0 amide bonds. The number of fused-ring (bicyclic) bond motifs is 1. The summed E-state index contributed by atoms with van der Waals surface area (Å²) < 4.78 is 7.11. The van der Waals surface area contributed by atoms with Gasteiger partial charge >= 0.3 is 0 Å². The summed E-state index contributed by atoms with van der Waals surface area (Å²) in [6.07, 6.45) is -2.77. The number of nitrogens with one attached hydrogen (secondary N) is 1. The molecule has 10 nitrogen and oxygen atoms in total. The summed E-state index contributed by atoms with van der Waals surface area (Å²) in [5, 5.41) is 28.9. The van der Waals surface area contributed by atoms with E-state index in [1.807, 2.05) is 0 Å². The standard InChI is InChI=1S/C10H13N5O4S.H2O/c11-10-13-7-4(8(20)14-10)12-2-15(7)9-6(18)5(17)3(1-16)19-9;/h2-3,5-6,9,16-18H,1H2,(H3,11,13,14,20);1H2/t3?,5-,6?,9?;/m0./s1. The number of nitrogens with two attached hydrogens (primary N) is 1. The third-order valence-corrected chi connectivity index (χ3v) is 3.54. The lowest BCUT2D eigenvalue weighted by Gasteiger charge is -2.16. The van der Waals surface area contributed by atoms with Crippen LogP contribution in [0.5, 0.6) is 0 Å². The molecule has 3 rings (SSSR count). The smallest absolute Gasteiger partial charge is 0.200 e. The van der Waals surface area contributed by atoms with E-state index in [1.165, 1.54) is 10.9 Å². The van der Waals surface area contributed by atoms with E-state index in [0.717, 1.165) is 0 Å². The van der Waals surface area contributed by atoms with Crippen LogP contribution in [0, 0.1) is 4.64 Å². The first-order chi connectivity index (χ1) is 9.52. The van der Waals surface area contributed by atoms with Crippen LogP contribution in [-0.4, -0.2) is 65.2 Å². The molecule has 11 heteroatoms. The van der Waals surface area contributed by atoms with Crippen molar-refractivity contribution in [1.29, 1.82) is 0 Å². The Morgan fingerprint density at radius 3 is 2.76 bits per heavy atom. The van der Waals surface area contributed by atoms with E-state index in [9.17, 15) is 10.2 Å². The highest BCUT2D eigenvalue weighted by molar-refractivity contribution is 7.71. The quantitative estimate of drug-likeness (QED) is 0.390. The third kappa shape index (κ3) is 2.39. The van der Waals surface area contributed by atoms with Gasteiger partial charge in [-0.2, -0.15) is 0 Å². The van der Waals surface area contributed by atoms with E-state index in [-0.39, 0.29) is 16.1 Å². The number of nitrogen functional groups attached to an aromatic ring is 1. The Bertz CT molecular complexity index is 703. The number of imidazole rings is 1. The summed E-state index contributed by atoms with van der Waals surface area (Å²) in [4.78, 5) is 10.8. The zero-order chi connectivity index (χ0) is 14.4. The van der Waals surface area contributed by atoms with Crippen LogP contribution >= 0.6 is 12.2 Å². The second-order valence-electron chi connectivity index (χ2n) is 4.51. The molecule has 0 aromatic carbocycles. The topological polar surface area (TPSA) is 174 Å². The third-order valence-electron chi connectivity index (χ3n) is 3.26. The Morgan fingerprint density at radius 2 is 2.14 bits per heavy atom. The minimum Gasteiger partial charge on any atom is -0.412 e. The van der Waals surface area contributed by atoms with E-state index in [2.05, 4.69) is 15.0 Å². The fourth-order valence-electron chi connectivity index (χ4n) is 2.26. The van der Waals surface area contributed by atoms with Gasteiger partial charge in [-0.05, 0) is 0 Å². The molecule has 21 heavy (non-hydrogen) atoms. The molecular formula is C10H15N5O5S. The predicted molar refractivity (Wildman–Crippen MR) is 73.7 cm³/mol. The summed E-state index contributed by atoms with van der Waals surface area (Å²) in [7, 11) is 0. The molecule has 2 aromatic rings. The molecule has 0 bridgehead atoms. The maximum absolute atomic E-state index is 10.0. The molecule has 8 N–H and O–H groups in total. The number of hydrogen-bond donors (Lipinski definition) is 5. The molecule has 4 atom stereocenters. The monoisotopic (exact) mass is 317 g/mol. The van der Waals surface area contributed by atoms with Crippen molar-refractivity contribution in [3.63, 3.8) is 0 Å². The summed E-state index contributed by atoms with van der Waals surface area (Å²) in [5.41, 5.74) is 6.44. The lowest BCUT2D eigenvalue weighted by molar-refractivity contribution is -0.0511. The number of aromatic nitrogens is 4. The molecule has 0 radical (unpaired) electrons. The predicted octanol–water partition coefficient (Wildman–Crippen LogP) is -2.14. The second-order valence-corrected chi connectivity index (χ2v) is 4.89. The number of anilines is 1. The van der Waals surface area contributed by atoms with Crippen LogP contribution in [-0.2, 0) is 4.74 Å². The lowest BCUT2D eigenvalue weighted by Crippen LogP contribution is -2.33. The SMILES string of the molecule is Nc1nc(=S)c2ncn(C3OC(CO)[C@H](O)C3O)c2[nH]1.O. The Balaban J connectivity index is 0.00000161. The van der Waals surface area contributed by atoms with E-state index in [1.54, 1.807) is 0 Å². The van der Waals surface area contributed by atoms with Crippen molar-refractivity contribution in [2.24, 2.45) is 0 Å². The average molecular weight is 317 g/mol. The Kier molecular flexibility index (Phi) is 4.22. The van der Waals surface area contributed by atoms with Crippen molar-refractivity contribution in [2.45, 2.75) is 24.5 Å². The molecule has 1 aliphatic rings. The van der Waals surface area contributed by atoms with Gasteiger partial charge in [0.25, 0.3) is 0 Å². The van der Waals surface area contributed by atoms with Gasteiger partial charge in [-0.25, -0.2) is 9.97 Å². The van der Waals surface area contributed by atoms with E-state index in [4.69, 9.17) is 27.8 Å². The zero-order valence-electron chi connectivity index (χ0n) is 10.7. The number of aliphatic hydroxyl groups is 3. The summed E-state index contributed by atoms with van der Waals surface area (Å²) in [6.45, 7) is -0.402. The number of aliphatic hydroxyl groups excluding tert-OH is 3. The van der Waals surface area contributed by atoms with Crippen LogP contribution in [0.4, 0.5) is 5.95 Å². The summed E-state index contributed by atoms with van der Waals surface area (Å²) >= 11 is 5.05. The molecule has 116 valence electrons. The molecule has 0 aliphatic carbocycles. The van der Waals surface area contributed by atoms with Crippen LogP contribution in [0.25, 0.3) is 11.2 Å². The number of ether oxygens (including phenoxy) is 1. The van der Waals surface area contributed by atoms with Gasteiger partial charge in [-0.15, -0.1) is 0 Å². The van der Waals surface area contributed by atoms with Crippen molar-refractivity contribution in [2.75, 3.05) is 12.3 Å². The van der Waals surface area contributed by atoms with Gasteiger partial charge in [-0.3, -0.25) is 4.57 Å². The number of rotatable bonds is 2. The number of aromatic amines is 1. The fourth-order valence-corrected chi connectivity index (χ4v) is 2.50. The minimum absolute atomic E-state index is 0. The number of H-pyrrole nitrogens is 1. The Morgan fingerprint density at radius 1 is 1.43 bits per heavy atom. The first kappa shape index (κ1) is 15.8. The van der Waals surface area contributed by atoms with Gasteiger partial charge < -0.3 is 36.3 Å². The lowest BCUT2D eigenvalue weighted by atomic mass is 10.1. The number of nitrogens with zero attached hydrogens (tertiary/aromatic N) is 3. The Labute approximate surface area is 123 Å². The van der Waals surface area contributed by atoms with Gasteiger partial charge in [0.05, 0.1) is 12.9 Å². The van der Waals surface area contributed by atoms with Crippen LogP contribution in [0.2, 0.25) is 0 Å².